The third-order valence-electron chi connectivity index (χ3n) is 1.98. The van der Waals surface area contributed by atoms with Crippen LogP contribution in [-0.4, -0.2) is 0 Å². The van der Waals surface area contributed by atoms with E-state index in [-0.39, 0.29) is 0 Å². The fourth-order valence-electron chi connectivity index (χ4n) is 1.30. The van der Waals surface area contributed by atoms with E-state index in [4.69, 9.17) is 0 Å². The summed E-state index contributed by atoms with van der Waals surface area (Å²) in [6.45, 7) is 2.15. The minimum atomic E-state index is 1.32. The van der Waals surface area contributed by atoms with E-state index in [1.807, 2.05) is 0 Å². The molecule has 0 aromatic heterocycles. The van der Waals surface area contributed by atoms with E-state index in [0.29, 0.717) is 0 Å². The van der Waals surface area contributed by atoms with Crippen molar-refractivity contribution in [2.45, 2.75) is 6.92 Å². The Morgan fingerprint density at radius 3 is 2.92 bits per heavy atom. The van der Waals surface area contributed by atoms with Crippen LogP contribution < -0.4 is 10.4 Å². The second-order valence-electron chi connectivity index (χ2n) is 2.83. The molecule has 1 aliphatic rings. The van der Waals surface area contributed by atoms with Gasteiger partial charge in [-0.25, -0.2) is 0 Å². The van der Waals surface area contributed by atoms with Crippen LogP contribution >= 0.6 is 11.8 Å². The van der Waals surface area contributed by atoms with Gasteiger partial charge in [-0.1, -0.05) is 30.3 Å². The van der Waals surface area contributed by atoms with Crippen LogP contribution in [0.5, 0.6) is 0 Å². The van der Waals surface area contributed by atoms with Gasteiger partial charge in [0.1, 0.15) is 0 Å². The van der Waals surface area contributed by atoms with Crippen molar-refractivity contribution in [3.8, 4) is 0 Å². The molecule has 2 rings (SSSR count). The molecule has 1 aliphatic heterocycles. The number of thioether (sulfide) groups is 1. The maximum absolute atomic E-state index is 2.18. The summed E-state index contributed by atoms with van der Waals surface area (Å²) >= 11 is 1.74. The molecule has 0 saturated carbocycles. The summed E-state index contributed by atoms with van der Waals surface area (Å²) < 4.78 is 0. The average Bonchev–Trinajstić information content (AvgIpc) is 2.29. The molecule has 0 nitrogen and oxygen atoms in total. The van der Waals surface area contributed by atoms with Crippen molar-refractivity contribution in [1.82, 2.24) is 0 Å². The van der Waals surface area contributed by atoms with E-state index in [9.17, 15) is 0 Å². The minimum absolute atomic E-state index is 1.32. The van der Waals surface area contributed by atoms with Crippen LogP contribution in [0.1, 0.15) is 6.92 Å². The van der Waals surface area contributed by atoms with Gasteiger partial charge in [0.25, 0.3) is 0 Å². The number of allylic oxidation sites excluding steroid dienone is 1. The molecule has 1 heteroatoms. The van der Waals surface area contributed by atoms with Crippen LogP contribution in [0.25, 0.3) is 11.0 Å². The van der Waals surface area contributed by atoms with Gasteiger partial charge in [-0.05, 0) is 33.8 Å². The summed E-state index contributed by atoms with van der Waals surface area (Å²) in [6, 6.07) is 8.48. The molecule has 0 radical (unpaired) electrons. The first-order chi connectivity index (χ1) is 5.88. The van der Waals surface area contributed by atoms with E-state index >= 15 is 0 Å². The normalized spacial score (nSPS) is 14.9. The Kier molecular flexibility index (Phi) is 2.05. The van der Waals surface area contributed by atoms with E-state index in [1.54, 1.807) is 11.8 Å². The van der Waals surface area contributed by atoms with Gasteiger partial charge >= 0.3 is 0 Å². The van der Waals surface area contributed by atoms with Crippen LogP contribution in [0.2, 0.25) is 0 Å². The molecule has 0 atom stereocenters. The monoisotopic (exact) mass is 174 g/mol. The molecule has 1 aromatic carbocycles. The smallest absolute Gasteiger partial charge is 0.0115 e. The van der Waals surface area contributed by atoms with Crippen LogP contribution in [0.4, 0.5) is 0 Å². The van der Waals surface area contributed by atoms with Crippen molar-refractivity contribution in [3.05, 3.63) is 46.2 Å². The van der Waals surface area contributed by atoms with Gasteiger partial charge in [0.05, 0.1) is 0 Å². The van der Waals surface area contributed by atoms with Crippen LogP contribution in [0, 0.1) is 0 Å². The highest BCUT2D eigenvalue weighted by atomic mass is 32.2. The van der Waals surface area contributed by atoms with Gasteiger partial charge in [0.2, 0.25) is 0 Å². The molecule has 60 valence electrons. The zero-order valence-electron chi connectivity index (χ0n) is 6.95. The standard InChI is InChI=1S/C11H10S/c1-9-6-7-12-8-10-4-2-3-5-11(9)10/h2-8H,1H3. The summed E-state index contributed by atoms with van der Waals surface area (Å²) in [5, 5.41) is 6.97. The summed E-state index contributed by atoms with van der Waals surface area (Å²) in [5.41, 5.74) is 1.34. The molecule has 0 unspecified atom stereocenters. The second-order valence-corrected chi connectivity index (χ2v) is 3.61. The fourth-order valence-corrected chi connectivity index (χ4v) is 2.02. The topological polar surface area (TPSA) is 0 Å². The van der Waals surface area contributed by atoms with Crippen LogP contribution in [-0.2, 0) is 0 Å². The Balaban J connectivity index is 2.89. The van der Waals surface area contributed by atoms with Crippen molar-refractivity contribution in [2.75, 3.05) is 0 Å². The SMILES string of the molecule is CC1=c2ccccc2=CSC=C1. The zero-order chi connectivity index (χ0) is 8.39. The Labute approximate surface area is 76.3 Å². The molecule has 12 heavy (non-hydrogen) atoms. The van der Waals surface area contributed by atoms with E-state index in [1.165, 1.54) is 16.0 Å². The number of rotatable bonds is 0. The maximum atomic E-state index is 2.18. The number of fused-ring (bicyclic) bond motifs is 1. The lowest BCUT2D eigenvalue weighted by Gasteiger charge is -1.90. The van der Waals surface area contributed by atoms with Crippen LogP contribution in [0.15, 0.2) is 35.7 Å². The number of benzene rings is 1. The van der Waals surface area contributed by atoms with E-state index in [0.717, 1.165) is 0 Å². The van der Waals surface area contributed by atoms with Gasteiger partial charge < -0.3 is 0 Å². The summed E-state index contributed by atoms with van der Waals surface area (Å²) in [7, 11) is 0. The Morgan fingerprint density at radius 1 is 1.17 bits per heavy atom. The summed E-state index contributed by atoms with van der Waals surface area (Å²) in [6.07, 6.45) is 2.16. The lowest BCUT2D eigenvalue weighted by molar-refractivity contribution is 1.49. The van der Waals surface area contributed by atoms with Crippen molar-refractivity contribution in [2.24, 2.45) is 0 Å². The highest BCUT2D eigenvalue weighted by Crippen LogP contribution is 2.07. The summed E-state index contributed by atoms with van der Waals surface area (Å²) in [5.74, 6) is 0. The largest absolute Gasteiger partial charge is 0.105 e. The van der Waals surface area contributed by atoms with Gasteiger partial charge in [-0.2, -0.15) is 0 Å². The first kappa shape index (κ1) is 7.69. The van der Waals surface area contributed by atoms with Crippen molar-refractivity contribution < 1.29 is 0 Å². The molecule has 1 aromatic rings. The Hall–Kier alpha value is -0.950. The number of hydrogen-bond acceptors (Lipinski definition) is 1. The molecule has 1 heterocycles. The maximum Gasteiger partial charge on any atom is -0.0115 e. The first-order valence-corrected chi connectivity index (χ1v) is 4.90. The van der Waals surface area contributed by atoms with Gasteiger partial charge in [0, 0.05) is 0 Å². The Morgan fingerprint density at radius 2 is 2.00 bits per heavy atom. The highest BCUT2D eigenvalue weighted by Gasteiger charge is 1.91. The second kappa shape index (κ2) is 3.20. The highest BCUT2D eigenvalue weighted by molar-refractivity contribution is 8.09. The predicted molar refractivity (Wildman–Crippen MR) is 56.0 cm³/mol. The summed E-state index contributed by atoms with van der Waals surface area (Å²) in [4.78, 5) is 0. The average molecular weight is 174 g/mol. The molecular formula is C11H10S. The molecule has 0 aliphatic carbocycles. The molecule has 0 N–H and O–H groups in total. The van der Waals surface area contributed by atoms with Gasteiger partial charge in [-0.15, -0.1) is 11.8 Å². The first-order valence-electron chi connectivity index (χ1n) is 3.96. The van der Waals surface area contributed by atoms with Crippen molar-refractivity contribution >= 4 is 22.7 Å². The zero-order valence-corrected chi connectivity index (χ0v) is 7.77. The third kappa shape index (κ3) is 1.32. The van der Waals surface area contributed by atoms with Gasteiger partial charge in [0.15, 0.2) is 0 Å². The molecule has 0 fully saturated rings. The lowest BCUT2D eigenvalue weighted by atomic mass is 10.1. The van der Waals surface area contributed by atoms with E-state index in [2.05, 4.69) is 48.1 Å². The predicted octanol–water partition coefficient (Wildman–Crippen LogP) is 1.86. The Bertz CT molecular complexity index is 427. The third-order valence-corrected chi connectivity index (χ3v) is 2.66. The van der Waals surface area contributed by atoms with Crippen LogP contribution in [0.3, 0.4) is 0 Å². The fraction of sp³-hybridized carbons (Fsp3) is 0.0909. The minimum Gasteiger partial charge on any atom is -0.105 e. The lowest BCUT2D eigenvalue weighted by Crippen LogP contribution is -2.24. The van der Waals surface area contributed by atoms with Crippen molar-refractivity contribution in [1.29, 1.82) is 0 Å². The van der Waals surface area contributed by atoms with E-state index < -0.39 is 0 Å². The van der Waals surface area contributed by atoms with Gasteiger partial charge in [-0.3, -0.25) is 0 Å². The molecular weight excluding hydrogens is 164 g/mol. The molecule has 0 spiro atoms. The number of hydrogen-bond donors (Lipinski definition) is 0. The quantitative estimate of drug-likeness (QED) is 0.578. The molecule has 0 bridgehead atoms. The molecule has 0 saturated heterocycles. The van der Waals surface area contributed by atoms with Crippen molar-refractivity contribution in [3.63, 3.8) is 0 Å². The molecule has 0 amide bonds.